The molecule has 19 heavy (non-hydrogen) atoms. The molecule has 0 spiro atoms. The lowest BCUT2D eigenvalue weighted by molar-refractivity contribution is 0.386. The summed E-state index contributed by atoms with van der Waals surface area (Å²) in [6.45, 7) is 1.89. The topological polar surface area (TPSA) is 55.0 Å². The fraction of sp³-hybridized carbons (Fsp3) is 0.231. The number of ether oxygens (including phenoxy) is 1. The number of H-pyrrole nitrogens is 1. The van der Waals surface area contributed by atoms with Gasteiger partial charge in [0.15, 0.2) is 11.6 Å². The Morgan fingerprint density at radius 2 is 2.21 bits per heavy atom. The van der Waals surface area contributed by atoms with Crippen molar-refractivity contribution in [1.82, 2.24) is 9.97 Å². The Morgan fingerprint density at radius 1 is 1.47 bits per heavy atom. The summed E-state index contributed by atoms with van der Waals surface area (Å²) < 4.78 is 18.9. The van der Waals surface area contributed by atoms with E-state index in [1.807, 2.05) is 6.92 Å². The van der Waals surface area contributed by atoms with Crippen LogP contribution < -0.4 is 10.3 Å². The fourth-order valence-electron chi connectivity index (χ4n) is 1.69. The average Bonchev–Trinajstić information content (AvgIpc) is 2.41. The number of rotatable bonds is 3. The molecule has 0 saturated carbocycles. The van der Waals surface area contributed by atoms with Gasteiger partial charge in [-0.1, -0.05) is 6.92 Å². The predicted molar refractivity (Wildman–Crippen MR) is 73.9 cm³/mol. The molecule has 0 bridgehead atoms. The van der Waals surface area contributed by atoms with Crippen LogP contribution in [0.2, 0.25) is 0 Å². The van der Waals surface area contributed by atoms with Gasteiger partial charge >= 0.3 is 0 Å². The van der Waals surface area contributed by atoms with Crippen molar-refractivity contribution >= 4 is 15.9 Å². The second-order valence-corrected chi connectivity index (χ2v) is 4.67. The summed E-state index contributed by atoms with van der Waals surface area (Å²) in [5.41, 5.74) is 0.852. The number of halogens is 2. The molecule has 0 aliphatic heterocycles. The van der Waals surface area contributed by atoms with Gasteiger partial charge in [0.25, 0.3) is 5.56 Å². The Bertz CT molecular complexity index is 670. The van der Waals surface area contributed by atoms with Crippen LogP contribution in [0.25, 0.3) is 11.4 Å². The zero-order valence-corrected chi connectivity index (χ0v) is 12.0. The number of methoxy groups -OCH3 is 1. The lowest BCUT2D eigenvalue weighted by atomic mass is 10.2. The number of nitrogens with one attached hydrogen (secondary N) is 1. The Labute approximate surface area is 117 Å². The first-order valence-corrected chi connectivity index (χ1v) is 6.48. The van der Waals surface area contributed by atoms with Crippen molar-refractivity contribution in [2.45, 2.75) is 13.3 Å². The molecule has 0 saturated heterocycles. The first kappa shape index (κ1) is 13.7. The normalized spacial score (nSPS) is 10.5. The maximum Gasteiger partial charge on any atom is 0.265 e. The number of aromatic amines is 1. The molecule has 1 aromatic carbocycles. The fourth-order valence-corrected chi connectivity index (χ4v) is 2.16. The maximum atomic E-state index is 13.6. The van der Waals surface area contributed by atoms with Gasteiger partial charge in [0.2, 0.25) is 0 Å². The summed E-state index contributed by atoms with van der Waals surface area (Å²) in [5.74, 6) is -0.00542. The van der Waals surface area contributed by atoms with Gasteiger partial charge in [0, 0.05) is 5.56 Å². The molecule has 0 radical (unpaired) electrons. The minimum atomic E-state index is -0.497. The molecule has 4 nitrogen and oxygen atoms in total. The molecule has 0 atom stereocenters. The predicted octanol–water partition coefficient (Wildman–Crippen LogP) is 2.91. The minimum absolute atomic E-state index is 0.152. The van der Waals surface area contributed by atoms with E-state index in [-0.39, 0.29) is 11.3 Å². The van der Waals surface area contributed by atoms with E-state index >= 15 is 0 Å². The van der Waals surface area contributed by atoms with Gasteiger partial charge in [-0.3, -0.25) is 4.79 Å². The van der Waals surface area contributed by atoms with Crippen molar-refractivity contribution < 1.29 is 9.13 Å². The summed E-state index contributed by atoms with van der Waals surface area (Å²) in [5, 5.41) is 0. The average molecular weight is 327 g/mol. The molecular weight excluding hydrogens is 315 g/mol. The molecule has 1 aromatic heterocycles. The van der Waals surface area contributed by atoms with Crippen molar-refractivity contribution in [2.75, 3.05) is 7.11 Å². The Morgan fingerprint density at radius 3 is 2.79 bits per heavy atom. The number of aryl methyl sites for hydroxylation is 1. The van der Waals surface area contributed by atoms with Gasteiger partial charge in [-0.05, 0) is 40.5 Å². The molecule has 0 unspecified atom stereocenters. The van der Waals surface area contributed by atoms with Crippen molar-refractivity contribution in [2.24, 2.45) is 0 Å². The van der Waals surface area contributed by atoms with Gasteiger partial charge in [-0.15, -0.1) is 0 Å². The Kier molecular flexibility index (Phi) is 3.99. The number of aromatic nitrogens is 2. The van der Waals surface area contributed by atoms with Gasteiger partial charge in [0.1, 0.15) is 10.3 Å². The van der Waals surface area contributed by atoms with Crippen LogP contribution in [0, 0.1) is 5.82 Å². The summed E-state index contributed by atoms with van der Waals surface area (Å²) in [6, 6.07) is 4.43. The third-order valence-corrected chi connectivity index (χ3v) is 3.51. The molecule has 1 heterocycles. The van der Waals surface area contributed by atoms with Gasteiger partial charge in [-0.2, -0.15) is 0 Å². The highest BCUT2D eigenvalue weighted by atomic mass is 79.9. The Balaban J connectivity index is 2.56. The maximum absolute atomic E-state index is 13.6. The Hall–Kier alpha value is -1.69. The van der Waals surface area contributed by atoms with Crippen LogP contribution in [0.4, 0.5) is 4.39 Å². The van der Waals surface area contributed by atoms with E-state index in [0.29, 0.717) is 28.0 Å². The second-order valence-electron chi connectivity index (χ2n) is 3.88. The van der Waals surface area contributed by atoms with Crippen molar-refractivity contribution in [3.63, 3.8) is 0 Å². The van der Waals surface area contributed by atoms with E-state index in [2.05, 4.69) is 25.9 Å². The molecule has 2 aromatic rings. The largest absolute Gasteiger partial charge is 0.494 e. The third kappa shape index (κ3) is 2.68. The molecule has 0 aliphatic carbocycles. The second kappa shape index (κ2) is 5.52. The molecule has 1 N–H and O–H groups in total. The zero-order chi connectivity index (χ0) is 14.0. The summed E-state index contributed by atoms with van der Waals surface area (Å²) >= 11 is 3.18. The minimum Gasteiger partial charge on any atom is -0.494 e. The third-order valence-electron chi connectivity index (χ3n) is 2.69. The van der Waals surface area contributed by atoms with E-state index in [1.54, 1.807) is 6.07 Å². The van der Waals surface area contributed by atoms with Crippen LogP contribution in [0.15, 0.2) is 27.5 Å². The van der Waals surface area contributed by atoms with Crippen molar-refractivity contribution in [3.8, 4) is 17.1 Å². The van der Waals surface area contributed by atoms with E-state index in [0.717, 1.165) is 0 Å². The van der Waals surface area contributed by atoms with E-state index in [9.17, 15) is 9.18 Å². The number of hydrogen-bond donors (Lipinski definition) is 1. The van der Waals surface area contributed by atoms with Crippen LogP contribution in [-0.2, 0) is 6.42 Å². The smallest absolute Gasteiger partial charge is 0.265 e. The molecular formula is C13H12BrFN2O2. The monoisotopic (exact) mass is 326 g/mol. The van der Waals surface area contributed by atoms with Gasteiger partial charge in [0.05, 0.1) is 12.8 Å². The van der Waals surface area contributed by atoms with Crippen LogP contribution in [0.5, 0.6) is 5.75 Å². The molecule has 100 valence electrons. The van der Waals surface area contributed by atoms with Crippen LogP contribution in [0.3, 0.4) is 0 Å². The van der Waals surface area contributed by atoms with E-state index in [1.165, 1.54) is 19.2 Å². The highest BCUT2D eigenvalue weighted by Gasteiger charge is 2.11. The number of benzene rings is 1. The molecule has 2 rings (SSSR count). The summed E-state index contributed by atoms with van der Waals surface area (Å²) in [7, 11) is 1.40. The standard InChI is InChI=1S/C13H12BrFN2O2/c1-3-9-11(14)13(18)17-12(16-9)7-4-5-10(19-2)8(15)6-7/h4-6H,3H2,1-2H3,(H,16,17,18). The van der Waals surface area contributed by atoms with E-state index < -0.39 is 5.82 Å². The van der Waals surface area contributed by atoms with Gasteiger partial charge in [-0.25, -0.2) is 9.37 Å². The lowest BCUT2D eigenvalue weighted by Crippen LogP contribution is -2.13. The van der Waals surface area contributed by atoms with Crippen LogP contribution in [0.1, 0.15) is 12.6 Å². The van der Waals surface area contributed by atoms with Crippen molar-refractivity contribution in [3.05, 3.63) is 44.5 Å². The van der Waals surface area contributed by atoms with Crippen LogP contribution in [-0.4, -0.2) is 17.1 Å². The number of hydrogen-bond acceptors (Lipinski definition) is 3. The quantitative estimate of drug-likeness (QED) is 0.943. The lowest BCUT2D eigenvalue weighted by Gasteiger charge is -2.07. The van der Waals surface area contributed by atoms with Crippen molar-refractivity contribution in [1.29, 1.82) is 0 Å². The highest BCUT2D eigenvalue weighted by molar-refractivity contribution is 9.10. The summed E-state index contributed by atoms with van der Waals surface area (Å²) in [4.78, 5) is 18.7. The zero-order valence-electron chi connectivity index (χ0n) is 10.5. The van der Waals surface area contributed by atoms with Crippen LogP contribution >= 0.6 is 15.9 Å². The SMILES string of the molecule is CCc1nc(-c2ccc(OC)c(F)c2)[nH]c(=O)c1Br. The molecule has 6 heteroatoms. The number of nitrogens with zero attached hydrogens (tertiary/aromatic N) is 1. The first-order chi connectivity index (χ1) is 9.06. The van der Waals surface area contributed by atoms with Gasteiger partial charge < -0.3 is 9.72 Å². The highest BCUT2D eigenvalue weighted by Crippen LogP contribution is 2.23. The summed E-state index contributed by atoms with van der Waals surface area (Å²) in [6.07, 6.45) is 0.607. The van der Waals surface area contributed by atoms with E-state index in [4.69, 9.17) is 4.74 Å². The first-order valence-electron chi connectivity index (χ1n) is 5.69. The molecule has 0 fully saturated rings. The molecule has 0 aliphatic rings. The molecule has 0 amide bonds.